The van der Waals surface area contributed by atoms with Crippen molar-refractivity contribution >= 4 is 11.9 Å². The fourth-order valence-electron chi connectivity index (χ4n) is 2.21. The van der Waals surface area contributed by atoms with E-state index >= 15 is 0 Å². The molecule has 0 aliphatic carbocycles. The maximum atomic E-state index is 11.4. The average molecular weight is 256 g/mol. The molecular formula is C12H24N4O2. The number of urea groups is 1. The van der Waals surface area contributed by atoms with E-state index in [1.807, 2.05) is 7.05 Å². The molecule has 18 heavy (non-hydrogen) atoms. The predicted molar refractivity (Wildman–Crippen MR) is 70.3 cm³/mol. The van der Waals surface area contributed by atoms with E-state index in [0.717, 1.165) is 32.1 Å². The van der Waals surface area contributed by atoms with Gasteiger partial charge in [0.1, 0.15) is 0 Å². The topological polar surface area (TPSA) is 73.5 Å². The van der Waals surface area contributed by atoms with Gasteiger partial charge in [0.05, 0.1) is 0 Å². The van der Waals surface area contributed by atoms with Gasteiger partial charge in [0.15, 0.2) is 0 Å². The molecule has 1 heterocycles. The van der Waals surface area contributed by atoms with Gasteiger partial charge in [0, 0.05) is 20.0 Å². The van der Waals surface area contributed by atoms with Crippen LogP contribution in [0.15, 0.2) is 0 Å². The zero-order valence-corrected chi connectivity index (χ0v) is 11.3. The lowest BCUT2D eigenvalue weighted by atomic mass is 9.97. The van der Waals surface area contributed by atoms with Gasteiger partial charge in [-0.25, -0.2) is 4.79 Å². The molecule has 0 radical (unpaired) electrons. The van der Waals surface area contributed by atoms with Gasteiger partial charge in [-0.15, -0.1) is 0 Å². The van der Waals surface area contributed by atoms with Gasteiger partial charge < -0.3 is 15.5 Å². The number of amides is 3. The van der Waals surface area contributed by atoms with E-state index < -0.39 is 6.03 Å². The van der Waals surface area contributed by atoms with Crippen LogP contribution in [-0.2, 0) is 4.79 Å². The Morgan fingerprint density at radius 3 is 2.44 bits per heavy atom. The van der Waals surface area contributed by atoms with Gasteiger partial charge in [-0.2, -0.15) is 0 Å². The maximum Gasteiger partial charge on any atom is 0.321 e. The van der Waals surface area contributed by atoms with E-state index in [-0.39, 0.29) is 5.91 Å². The molecule has 1 aliphatic rings. The first-order valence-electron chi connectivity index (χ1n) is 6.54. The van der Waals surface area contributed by atoms with Crippen molar-refractivity contribution in [3.8, 4) is 0 Å². The summed E-state index contributed by atoms with van der Waals surface area (Å²) in [6, 6.07) is -0.437. The first-order valence-corrected chi connectivity index (χ1v) is 6.54. The SMILES string of the molecule is CNCC1CCN(CCC(=O)NC(=O)NC)CC1. The summed E-state index contributed by atoms with van der Waals surface area (Å²) in [7, 11) is 3.48. The summed E-state index contributed by atoms with van der Waals surface area (Å²) < 4.78 is 0. The zero-order chi connectivity index (χ0) is 13.4. The Morgan fingerprint density at radius 2 is 1.89 bits per heavy atom. The third kappa shape index (κ3) is 5.46. The zero-order valence-electron chi connectivity index (χ0n) is 11.3. The van der Waals surface area contributed by atoms with Crippen molar-refractivity contribution in [3.63, 3.8) is 0 Å². The minimum Gasteiger partial charge on any atom is -0.341 e. The molecule has 6 heteroatoms. The van der Waals surface area contributed by atoms with Gasteiger partial charge in [-0.1, -0.05) is 0 Å². The van der Waals surface area contributed by atoms with Crippen molar-refractivity contribution in [2.45, 2.75) is 19.3 Å². The molecule has 1 rings (SSSR count). The Bertz CT molecular complexity index is 275. The largest absolute Gasteiger partial charge is 0.341 e. The van der Waals surface area contributed by atoms with E-state index in [9.17, 15) is 9.59 Å². The van der Waals surface area contributed by atoms with Crippen LogP contribution in [0.1, 0.15) is 19.3 Å². The third-order valence-electron chi connectivity index (χ3n) is 3.34. The van der Waals surface area contributed by atoms with Crippen molar-refractivity contribution in [2.24, 2.45) is 5.92 Å². The molecule has 3 amide bonds. The quantitative estimate of drug-likeness (QED) is 0.635. The number of likely N-dealkylation sites (tertiary alicyclic amines) is 1. The molecule has 3 N–H and O–H groups in total. The highest BCUT2D eigenvalue weighted by Crippen LogP contribution is 2.16. The molecule has 1 saturated heterocycles. The highest BCUT2D eigenvalue weighted by atomic mass is 16.2. The number of nitrogens with one attached hydrogen (secondary N) is 3. The molecule has 6 nitrogen and oxygen atoms in total. The minimum absolute atomic E-state index is 0.216. The van der Waals surface area contributed by atoms with Crippen LogP contribution in [0, 0.1) is 5.92 Å². The number of piperidine rings is 1. The molecule has 0 unspecified atom stereocenters. The molecule has 0 atom stereocenters. The van der Waals surface area contributed by atoms with Crippen LogP contribution < -0.4 is 16.0 Å². The first-order chi connectivity index (χ1) is 8.65. The van der Waals surface area contributed by atoms with Crippen molar-refractivity contribution in [2.75, 3.05) is 40.3 Å². The van der Waals surface area contributed by atoms with E-state index in [2.05, 4.69) is 20.9 Å². The van der Waals surface area contributed by atoms with Crippen LogP contribution in [0.4, 0.5) is 4.79 Å². The second kappa shape index (κ2) is 8.05. The first kappa shape index (κ1) is 14.9. The van der Waals surface area contributed by atoms with Crippen LogP contribution in [0.3, 0.4) is 0 Å². The fourth-order valence-corrected chi connectivity index (χ4v) is 2.21. The average Bonchev–Trinajstić information content (AvgIpc) is 2.38. The van der Waals surface area contributed by atoms with Crippen LogP contribution in [0.2, 0.25) is 0 Å². The number of carbonyl (C=O) groups excluding carboxylic acids is 2. The Kier molecular flexibility index (Phi) is 6.67. The maximum absolute atomic E-state index is 11.4. The van der Waals surface area contributed by atoms with E-state index in [1.165, 1.54) is 19.9 Å². The highest BCUT2D eigenvalue weighted by Gasteiger charge is 2.19. The Hall–Kier alpha value is -1.14. The van der Waals surface area contributed by atoms with Gasteiger partial charge >= 0.3 is 6.03 Å². The molecule has 1 aliphatic heterocycles. The van der Waals surface area contributed by atoms with E-state index in [4.69, 9.17) is 0 Å². The lowest BCUT2D eigenvalue weighted by Gasteiger charge is -2.31. The molecule has 0 aromatic heterocycles. The molecule has 0 aromatic rings. The van der Waals surface area contributed by atoms with Gasteiger partial charge in [-0.05, 0) is 45.4 Å². The molecule has 0 aromatic carbocycles. The highest BCUT2D eigenvalue weighted by molar-refractivity contribution is 5.94. The van der Waals surface area contributed by atoms with Gasteiger partial charge in [0.25, 0.3) is 0 Å². The van der Waals surface area contributed by atoms with Crippen LogP contribution in [-0.4, -0.2) is 57.1 Å². The number of rotatable bonds is 5. The fraction of sp³-hybridized carbons (Fsp3) is 0.833. The lowest BCUT2D eigenvalue weighted by Crippen LogP contribution is -2.41. The molecule has 0 spiro atoms. The number of imide groups is 1. The summed E-state index contributed by atoms with van der Waals surface area (Å²) in [4.78, 5) is 24.6. The smallest absolute Gasteiger partial charge is 0.321 e. The molecule has 1 fully saturated rings. The summed E-state index contributed by atoms with van der Waals surface area (Å²) in [6.45, 7) is 3.89. The second-order valence-corrected chi connectivity index (χ2v) is 4.72. The Labute approximate surface area is 108 Å². The van der Waals surface area contributed by atoms with Crippen LogP contribution in [0.5, 0.6) is 0 Å². The Balaban J connectivity index is 2.14. The lowest BCUT2D eigenvalue weighted by molar-refractivity contribution is -0.120. The van der Waals surface area contributed by atoms with Crippen molar-refractivity contribution < 1.29 is 9.59 Å². The number of hydrogen-bond acceptors (Lipinski definition) is 4. The van der Waals surface area contributed by atoms with Crippen molar-refractivity contribution in [3.05, 3.63) is 0 Å². The second-order valence-electron chi connectivity index (χ2n) is 4.72. The standard InChI is InChI=1S/C12H24N4O2/c1-13-9-10-3-6-16(7-4-10)8-5-11(17)15-12(18)14-2/h10,13H,3-9H2,1-2H3,(H2,14,15,17,18). The molecular weight excluding hydrogens is 232 g/mol. The van der Waals surface area contributed by atoms with Gasteiger partial charge in [-0.3, -0.25) is 10.1 Å². The van der Waals surface area contributed by atoms with Crippen LogP contribution in [0.25, 0.3) is 0 Å². The monoisotopic (exact) mass is 256 g/mol. The van der Waals surface area contributed by atoms with Gasteiger partial charge in [0.2, 0.25) is 5.91 Å². The summed E-state index contributed by atoms with van der Waals surface area (Å²) in [5.41, 5.74) is 0. The summed E-state index contributed by atoms with van der Waals surface area (Å²) in [5.74, 6) is 0.539. The summed E-state index contributed by atoms with van der Waals surface area (Å²) in [6.07, 6.45) is 2.74. The van der Waals surface area contributed by atoms with E-state index in [1.54, 1.807) is 0 Å². The third-order valence-corrected chi connectivity index (χ3v) is 3.34. The summed E-state index contributed by atoms with van der Waals surface area (Å²) >= 11 is 0. The summed E-state index contributed by atoms with van der Waals surface area (Å²) in [5, 5.41) is 7.84. The number of hydrogen-bond donors (Lipinski definition) is 3. The predicted octanol–water partition coefficient (Wildman–Crippen LogP) is -0.236. The normalized spacial score (nSPS) is 17.4. The van der Waals surface area contributed by atoms with Crippen molar-refractivity contribution in [1.29, 1.82) is 0 Å². The molecule has 0 bridgehead atoms. The number of nitrogens with zero attached hydrogens (tertiary/aromatic N) is 1. The minimum atomic E-state index is -0.437. The van der Waals surface area contributed by atoms with Crippen molar-refractivity contribution in [1.82, 2.24) is 20.9 Å². The van der Waals surface area contributed by atoms with E-state index in [0.29, 0.717) is 6.42 Å². The van der Waals surface area contributed by atoms with Crippen LogP contribution >= 0.6 is 0 Å². The molecule has 104 valence electrons. The molecule has 0 saturated carbocycles. The Morgan fingerprint density at radius 1 is 1.22 bits per heavy atom. The number of carbonyl (C=O) groups is 2.